The predicted octanol–water partition coefficient (Wildman–Crippen LogP) is 3.28. The molecule has 2 aliphatic heterocycles. The maximum Gasteiger partial charge on any atom is 0.237 e. The number of nitrogens with one attached hydrogen (secondary N) is 2. The number of carbonyl (C=O) groups excluding carboxylic acids is 1. The molecule has 5 rings (SSSR count). The quantitative estimate of drug-likeness (QED) is 0.626. The number of nitrogens with two attached hydrogens (primary N) is 1. The average molecular weight is 431 g/mol. The molecule has 0 aromatic carbocycles. The summed E-state index contributed by atoms with van der Waals surface area (Å²) in [6.45, 7) is 4.06. The molecule has 5 aliphatic rings. The summed E-state index contributed by atoms with van der Waals surface area (Å²) in [5.74, 6) is 4.40. The van der Waals surface area contributed by atoms with Gasteiger partial charge in [-0.05, 0) is 101 Å². The van der Waals surface area contributed by atoms with Crippen LogP contribution in [0.3, 0.4) is 0 Å². The van der Waals surface area contributed by atoms with Gasteiger partial charge in [-0.15, -0.1) is 0 Å². The summed E-state index contributed by atoms with van der Waals surface area (Å²) in [4.78, 5) is 16.3. The smallest absolute Gasteiger partial charge is 0.237 e. The van der Waals surface area contributed by atoms with Crippen molar-refractivity contribution in [2.24, 2.45) is 35.3 Å². The lowest BCUT2D eigenvalue weighted by molar-refractivity contribution is -0.127. The Hall–Kier alpha value is -0.650. The van der Waals surface area contributed by atoms with Crippen LogP contribution in [-0.2, 0) is 4.79 Å². The monoisotopic (exact) mass is 430 g/mol. The summed E-state index contributed by atoms with van der Waals surface area (Å²) < 4.78 is 0. The van der Waals surface area contributed by atoms with Crippen LogP contribution < -0.4 is 16.4 Å². The first-order chi connectivity index (χ1) is 15.2. The number of amides is 1. The largest absolute Gasteiger partial charge is 0.352 e. The lowest BCUT2D eigenvalue weighted by atomic mass is 9.65. The van der Waals surface area contributed by atoms with E-state index in [9.17, 15) is 4.79 Å². The first-order valence-corrected chi connectivity index (χ1v) is 13.7. The van der Waals surface area contributed by atoms with E-state index >= 15 is 0 Å². The minimum absolute atomic E-state index is 0.102. The van der Waals surface area contributed by atoms with Gasteiger partial charge in [0.15, 0.2) is 0 Å². The zero-order valence-corrected chi connectivity index (χ0v) is 19.6. The molecular formula is C26H46N4O. The van der Waals surface area contributed by atoms with E-state index in [0.717, 1.165) is 56.7 Å². The number of fused-ring (bicyclic) bond motifs is 2. The summed E-state index contributed by atoms with van der Waals surface area (Å²) in [6, 6.07) is 1.06. The third-order valence-electron chi connectivity index (χ3n) is 9.91. The number of likely N-dealkylation sites (tertiary alicyclic amines) is 1. The summed E-state index contributed by atoms with van der Waals surface area (Å²) in [5.41, 5.74) is 6.12. The van der Waals surface area contributed by atoms with Crippen LogP contribution in [0.4, 0.5) is 0 Å². The molecule has 5 nitrogen and oxygen atoms in total. The molecule has 1 amide bonds. The zero-order chi connectivity index (χ0) is 21.2. The topological polar surface area (TPSA) is 70.4 Å². The van der Waals surface area contributed by atoms with Crippen molar-refractivity contribution in [2.75, 3.05) is 26.2 Å². The van der Waals surface area contributed by atoms with E-state index in [1.807, 2.05) is 0 Å². The first-order valence-electron chi connectivity index (χ1n) is 13.7. The Morgan fingerprint density at radius 2 is 1.71 bits per heavy atom. The second kappa shape index (κ2) is 10.1. The van der Waals surface area contributed by atoms with Crippen molar-refractivity contribution in [3.05, 3.63) is 0 Å². The van der Waals surface area contributed by atoms with Crippen LogP contribution in [0.5, 0.6) is 0 Å². The number of hydrogen-bond donors (Lipinski definition) is 3. The van der Waals surface area contributed by atoms with E-state index in [-0.39, 0.29) is 6.04 Å². The van der Waals surface area contributed by atoms with Crippen LogP contribution in [0, 0.1) is 29.6 Å². The van der Waals surface area contributed by atoms with Crippen molar-refractivity contribution in [3.8, 4) is 0 Å². The van der Waals surface area contributed by atoms with Crippen molar-refractivity contribution >= 4 is 5.91 Å². The number of hydrogen-bond acceptors (Lipinski definition) is 4. The molecule has 5 fully saturated rings. The summed E-state index contributed by atoms with van der Waals surface area (Å²) in [7, 11) is 0. The molecule has 3 aliphatic carbocycles. The Morgan fingerprint density at radius 1 is 0.903 bits per heavy atom. The third-order valence-corrected chi connectivity index (χ3v) is 9.91. The highest BCUT2D eigenvalue weighted by atomic mass is 16.2. The van der Waals surface area contributed by atoms with Crippen LogP contribution >= 0.6 is 0 Å². The van der Waals surface area contributed by atoms with Crippen molar-refractivity contribution in [1.82, 2.24) is 15.5 Å². The van der Waals surface area contributed by atoms with Gasteiger partial charge in [0.2, 0.25) is 5.91 Å². The first kappa shape index (κ1) is 22.2. The molecule has 3 saturated carbocycles. The van der Waals surface area contributed by atoms with Gasteiger partial charge in [0.25, 0.3) is 0 Å². The van der Waals surface area contributed by atoms with E-state index in [4.69, 9.17) is 5.73 Å². The molecule has 0 radical (unpaired) electrons. The van der Waals surface area contributed by atoms with Crippen molar-refractivity contribution in [2.45, 2.75) is 102 Å². The number of nitrogens with zero attached hydrogens (tertiary/aromatic N) is 1. The van der Waals surface area contributed by atoms with Crippen molar-refractivity contribution < 1.29 is 4.79 Å². The second-order valence-electron chi connectivity index (χ2n) is 11.6. The highest BCUT2D eigenvalue weighted by Gasteiger charge is 2.48. The van der Waals surface area contributed by atoms with Crippen LogP contribution in [0.1, 0.15) is 83.5 Å². The molecule has 4 N–H and O–H groups in total. The number of carbonyl (C=O) groups is 1. The molecule has 2 heterocycles. The Labute approximate surface area is 189 Å². The minimum Gasteiger partial charge on any atom is -0.352 e. The van der Waals surface area contributed by atoms with Gasteiger partial charge >= 0.3 is 0 Å². The van der Waals surface area contributed by atoms with Gasteiger partial charge in [-0.3, -0.25) is 9.69 Å². The highest BCUT2D eigenvalue weighted by molar-refractivity contribution is 5.82. The highest BCUT2D eigenvalue weighted by Crippen LogP contribution is 2.47. The molecule has 0 aromatic rings. The van der Waals surface area contributed by atoms with Crippen molar-refractivity contribution in [1.29, 1.82) is 0 Å². The second-order valence-corrected chi connectivity index (χ2v) is 11.6. The maximum absolute atomic E-state index is 13.5. The van der Waals surface area contributed by atoms with Crippen LogP contribution in [0.15, 0.2) is 0 Å². The van der Waals surface area contributed by atoms with Crippen LogP contribution in [0.2, 0.25) is 0 Å². The fraction of sp³-hybridized carbons (Fsp3) is 0.962. The Balaban J connectivity index is 1.31. The van der Waals surface area contributed by atoms with E-state index in [1.165, 1.54) is 70.8 Å². The van der Waals surface area contributed by atoms with Gasteiger partial charge in [-0.1, -0.05) is 32.1 Å². The Bertz CT molecular complexity index is 604. The summed E-state index contributed by atoms with van der Waals surface area (Å²) in [5, 5.41) is 6.90. The fourth-order valence-corrected chi connectivity index (χ4v) is 8.20. The molecule has 176 valence electrons. The number of piperidine rings is 1. The molecule has 7 unspecified atom stereocenters. The molecule has 5 heteroatoms. The lowest BCUT2D eigenvalue weighted by Gasteiger charge is -2.45. The zero-order valence-electron chi connectivity index (χ0n) is 19.6. The van der Waals surface area contributed by atoms with Gasteiger partial charge in [-0.25, -0.2) is 0 Å². The van der Waals surface area contributed by atoms with Gasteiger partial charge in [0.1, 0.15) is 0 Å². The Morgan fingerprint density at radius 3 is 2.55 bits per heavy atom. The molecular weight excluding hydrogens is 384 g/mol. The maximum atomic E-state index is 13.5. The van der Waals surface area contributed by atoms with E-state index in [1.54, 1.807) is 0 Å². The van der Waals surface area contributed by atoms with Crippen LogP contribution in [0.25, 0.3) is 0 Å². The van der Waals surface area contributed by atoms with Crippen molar-refractivity contribution in [3.63, 3.8) is 0 Å². The fourth-order valence-electron chi connectivity index (χ4n) is 8.20. The van der Waals surface area contributed by atoms with Crippen LogP contribution in [-0.4, -0.2) is 55.1 Å². The molecule has 0 aromatic heterocycles. The van der Waals surface area contributed by atoms with Gasteiger partial charge in [0, 0.05) is 18.6 Å². The summed E-state index contributed by atoms with van der Waals surface area (Å²) >= 11 is 0. The SMILES string of the molecule is NCC1CCC2CC(C(=O)NC3CCNCC3)N(CC3CCCC4CCCCC43)C2C1. The van der Waals surface area contributed by atoms with Gasteiger partial charge in [0.05, 0.1) is 6.04 Å². The molecule has 31 heavy (non-hydrogen) atoms. The molecule has 2 saturated heterocycles. The minimum atomic E-state index is 0.102. The van der Waals surface area contributed by atoms with E-state index in [0.29, 0.717) is 29.8 Å². The Kier molecular flexibility index (Phi) is 7.21. The van der Waals surface area contributed by atoms with Gasteiger partial charge in [-0.2, -0.15) is 0 Å². The van der Waals surface area contributed by atoms with Gasteiger partial charge < -0.3 is 16.4 Å². The lowest BCUT2D eigenvalue weighted by Crippen LogP contribution is -2.53. The molecule has 0 spiro atoms. The molecule has 7 atom stereocenters. The molecule has 0 bridgehead atoms. The predicted molar refractivity (Wildman–Crippen MR) is 126 cm³/mol. The normalized spacial score (nSPS) is 42.0. The summed E-state index contributed by atoms with van der Waals surface area (Å²) in [6.07, 6.45) is 17.0. The van der Waals surface area contributed by atoms with E-state index < -0.39 is 0 Å². The standard InChI is InChI=1S/C26H46N4O/c27-16-18-8-9-20-15-25(26(31)29-22-10-12-28-13-11-22)30(24(20)14-18)17-21-6-3-5-19-4-1-2-7-23(19)21/h18-25,28H,1-17,27H2,(H,29,31). The average Bonchev–Trinajstić information content (AvgIpc) is 3.17. The third kappa shape index (κ3) is 4.84. The number of rotatable bonds is 5. The van der Waals surface area contributed by atoms with E-state index in [2.05, 4.69) is 15.5 Å².